The van der Waals surface area contributed by atoms with Crippen LogP contribution >= 0.6 is 11.8 Å². The van der Waals surface area contributed by atoms with Gasteiger partial charge in [0.15, 0.2) is 0 Å². The number of alkyl halides is 3. The van der Waals surface area contributed by atoms with Crippen LogP contribution in [0.2, 0.25) is 0 Å². The Hall–Kier alpha value is -0.920. The first-order valence-electron chi connectivity index (χ1n) is 4.44. The molecule has 0 aromatic rings. The number of nitrogens with one attached hydrogen (secondary N) is 1. The number of halogens is 3. The van der Waals surface area contributed by atoms with Crippen LogP contribution < -0.4 is 5.32 Å². The van der Waals surface area contributed by atoms with Gasteiger partial charge in [-0.3, -0.25) is 4.79 Å². The Bertz CT molecular complexity index is 301. The predicted molar refractivity (Wildman–Crippen MR) is 51.1 cm³/mol. The summed E-state index contributed by atoms with van der Waals surface area (Å²) < 4.78 is 35.2. The molecule has 0 saturated heterocycles. The van der Waals surface area contributed by atoms with E-state index in [4.69, 9.17) is 5.11 Å². The Morgan fingerprint density at radius 1 is 1.38 bits per heavy atom. The van der Waals surface area contributed by atoms with Gasteiger partial charge in [0.1, 0.15) is 5.54 Å². The Balaban J connectivity index is 2.25. The Kier molecular flexibility index (Phi) is 3.72. The van der Waals surface area contributed by atoms with Crippen molar-refractivity contribution in [2.75, 3.05) is 11.5 Å². The molecule has 1 rings (SSSR count). The van der Waals surface area contributed by atoms with Crippen molar-refractivity contribution >= 4 is 23.6 Å². The molecule has 1 amide bonds. The molecule has 1 aliphatic carbocycles. The maximum atomic E-state index is 11.7. The third kappa shape index (κ3) is 3.92. The zero-order valence-electron chi connectivity index (χ0n) is 8.13. The van der Waals surface area contributed by atoms with Crippen molar-refractivity contribution in [3.63, 3.8) is 0 Å². The predicted octanol–water partition coefficient (Wildman–Crippen LogP) is 1.02. The van der Waals surface area contributed by atoms with Crippen LogP contribution in [0.1, 0.15) is 12.8 Å². The lowest BCUT2D eigenvalue weighted by Crippen LogP contribution is -2.44. The van der Waals surface area contributed by atoms with Crippen molar-refractivity contribution in [3.8, 4) is 0 Å². The molecule has 0 aromatic heterocycles. The summed E-state index contributed by atoms with van der Waals surface area (Å²) in [4.78, 5) is 21.8. The molecule has 0 bridgehead atoms. The van der Waals surface area contributed by atoms with Gasteiger partial charge in [0.05, 0.1) is 11.5 Å². The minimum atomic E-state index is -4.31. The highest BCUT2D eigenvalue weighted by atomic mass is 32.2. The van der Waals surface area contributed by atoms with Gasteiger partial charge in [0.25, 0.3) is 0 Å². The van der Waals surface area contributed by atoms with E-state index in [0.29, 0.717) is 24.6 Å². The number of carboxylic acids is 1. The summed E-state index contributed by atoms with van der Waals surface area (Å²) in [6.45, 7) is 0. The van der Waals surface area contributed by atoms with Gasteiger partial charge in [-0.05, 0) is 12.8 Å². The number of hydrogen-bond donors (Lipinski definition) is 2. The minimum Gasteiger partial charge on any atom is -0.480 e. The quantitative estimate of drug-likeness (QED) is 0.771. The maximum Gasteiger partial charge on any atom is 0.397 e. The molecule has 92 valence electrons. The van der Waals surface area contributed by atoms with Gasteiger partial charge in [0, 0.05) is 0 Å². The fourth-order valence-electron chi connectivity index (χ4n) is 1.08. The van der Waals surface area contributed by atoms with Gasteiger partial charge in [0.2, 0.25) is 5.91 Å². The smallest absolute Gasteiger partial charge is 0.397 e. The molecule has 0 unspecified atom stereocenters. The van der Waals surface area contributed by atoms with Crippen LogP contribution in [0, 0.1) is 0 Å². The van der Waals surface area contributed by atoms with E-state index in [-0.39, 0.29) is 5.75 Å². The van der Waals surface area contributed by atoms with Crippen LogP contribution in [0.5, 0.6) is 0 Å². The van der Waals surface area contributed by atoms with Crippen molar-refractivity contribution in [1.82, 2.24) is 5.32 Å². The molecule has 1 saturated carbocycles. The molecule has 0 heterocycles. The van der Waals surface area contributed by atoms with Crippen LogP contribution in [-0.4, -0.2) is 40.2 Å². The van der Waals surface area contributed by atoms with Crippen LogP contribution in [0.3, 0.4) is 0 Å². The molecule has 0 radical (unpaired) electrons. The SMILES string of the molecule is O=C(CSCC(F)(F)F)NC1(C(=O)O)CC1. The Morgan fingerprint density at radius 3 is 2.31 bits per heavy atom. The molecule has 16 heavy (non-hydrogen) atoms. The van der Waals surface area contributed by atoms with Crippen molar-refractivity contribution in [2.45, 2.75) is 24.6 Å². The van der Waals surface area contributed by atoms with Crippen molar-refractivity contribution in [2.24, 2.45) is 0 Å². The number of thioether (sulfide) groups is 1. The van der Waals surface area contributed by atoms with Gasteiger partial charge < -0.3 is 10.4 Å². The topological polar surface area (TPSA) is 66.4 Å². The zero-order chi connectivity index (χ0) is 12.4. The monoisotopic (exact) mass is 257 g/mol. The molecule has 2 N–H and O–H groups in total. The van der Waals surface area contributed by atoms with E-state index in [1.54, 1.807) is 0 Å². The second kappa shape index (κ2) is 4.52. The minimum absolute atomic E-state index is 0.331. The van der Waals surface area contributed by atoms with Gasteiger partial charge >= 0.3 is 12.1 Å². The van der Waals surface area contributed by atoms with Gasteiger partial charge in [-0.25, -0.2) is 4.79 Å². The summed E-state index contributed by atoms with van der Waals surface area (Å²) in [5.74, 6) is -3.30. The first-order chi connectivity index (χ1) is 7.25. The maximum absolute atomic E-state index is 11.7. The standard InChI is InChI=1S/C8H10F3NO3S/c9-8(10,11)4-16-3-5(13)12-7(1-2-7)6(14)15/h1-4H2,(H,12,13)(H,14,15). The fraction of sp³-hybridized carbons (Fsp3) is 0.750. The molecule has 0 aliphatic heterocycles. The summed E-state index contributed by atoms with van der Waals surface area (Å²) in [7, 11) is 0. The average molecular weight is 257 g/mol. The molecule has 0 aromatic carbocycles. The summed E-state index contributed by atoms with van der Waals surface area (Å²) in [6.07, 6.45) is -3.65. The molecule has 1 fully saturated rings. The zero-order valence-corrected chi connectivity index (χ0v) is 8.95. The highest BCUT2D eigenvalue weighted by Gasteiger charge is 2.51. The summed E-state index contributed by atoms with van der Waals surface area (Å²) in [5, 5.41) is 10.9. The number of carboxylic acid groups (broad SMARTS) is 1. The van der Waals surface area contributed by atoms with Gasteiger partial charge in [-0.1, -0.05) is 0 Å². The third-order valence-electron chi connectivity index (χ3n) is 2.04. The van der Waals surface area contributed by atoms with Crippen LogP contribution in [0.25, 0.3) is 0 Å². The van der Waals surface area contributed by atoms with E-state index in [0.717, 1.165) is 0 Å². The molecule has 1 aliphatic rings. The molecule has 0 spiro atoms. The highest BCUT2D eigenvalue weighted by Crippen LogP contribution is 2.35. The number of carbonyl (C=O) groups is 2. The molecule has 0 atom stereocenters. The van der Waals surface area contributed by atoms with Gasteiger partial charge in [-0.15, -0.1) is 11.8 Å². The molecule has 4 nitrogen and oxygen atoms in total. The van der Waals surface area contributed by atoms with E-state index >= 15 is 0 Å². The van der Waals surface area contributed by atoms with E-state index < -0.39 is 29.3 Å². The van der Waals surface area contributed by atoms with Gasteiger partial charge in [-0.2, -0.15) is 13.2 Å². The van der Waals surface area contributed by atoms with Crippen molar-refractivity contribution in [3.05, 3.63) is 0 Å². The normalized spacial score (nSPS) is 17.9. The first-order valence-corrected chi connectivity index (χ1v) is 5.60. The third-order valence-corrected chi connectivity index (χ3v) is 3.03. The lowest BCUT2D eigenvalue weighted by atomic mass is 10.3. The second-order valence-electron chi connectivity index (χ2n) is 3.54. The number of carbonyl (C=O) groups excluding carboxylic acids is 1. The van der Waals surface area contributed by atoms with Crippen LogP contribution in [-0.2, 0) is 9.59 Å². The van der Waals surface area contributed by atoms with E-state index in [1.807, 2.05) is 0 Å². The number of amides is 1. The summed E-state index contributed by atoms with van der Waals surface area (Å²) in [6, 6.07) is 0. The van der Waals surface area contributed by atoms with E-state index in [9.17, 15) is 22.8 Å². The van der Waals surface area contributed by atoms with Crippen molar-refractivity contribution < 1.29 is 27.9 Å². The number of aliphatic carboxylic acids is 1. The Labute approximate surface area is 93.6 Å². The second-order valence-corrected chi connectivity index (χ2v) is 4.53. The van der Waals surface area contributed by atoms with Crippen LogP contribution in [0.15, 0.2) is 0 Å². The Morgan fingerprint density at radius 2 is 1.94 bits per heavy atom. The van der Waals surface area contributed by atoms with E-state index in [2.05, 4.69) is 5.32 Å². The lowest BCUT2D eigenvalue weighted by Gasteiger charge is -2.12. The van der Waals surface area contributed by atoms with E-state index in [1.165, 1.54) is 0 Å². The first kappa shape index (κ1) is 13.1. The molecular weight excluding hydrogens is 247 g/mol. The number of rotatable bonds is 5. The summed E-state index contributed by atoms with van der Waals surface area (Å²) in [5.41, 5.74) is -1.23. The highest BCUT2D eigenvalue weighted by molar-refractivity contribution is 8.00. The lowest BCUT2D eigenvalue weighted by molar-refractivity contribution is -0.142. The molecular formula is C8H10F3NO3S. The largest absolute Gasteiger partial charge is 0.480 e. The van der Waals surface area contributed by atoms with Crippen molar-refractivity contribution in [1.29, 1.82) is 0 Å². The number of hydrogen-bond acceptors (Lipinski definition) is 3. The molecule has 8 heteroatoms. The summed E-state index contributed by atoms with van der Waals surface area (Å²) >= 11 is 0.419. The fourth-order valence-corrected chi connectivity index (χ4v) is 1.67. The van der Waals surface area contributed by atoms with Crippen LogP contribution in [0.4, 0.5) is 13.2 Å². The average Bonchev–Trinajstić information content (AvgIpc) is 2.82.